The number of hydrogen-bond acceptors (Lipinski definition) is 9. The summed E-state index contributed by atoms with van der Waals surface area (Å²) in [5, 5.41) is 46.9. The van der Waals surface area contributed by atoms with Crippen LogP contribution in [0.5, 0.6) is 0 Å². The highest BCUT2D eigenvalue weighted by Gasteiger charge is 3.08. The van der Waals surface area contributed by atoms with Crippen molar-refractivity contribution in [1.29, 1.82) is 0 Å². The van der Waals surface area contributed by atoms with Crippen molar-refractivity contribution in [3.63, 3.8) is 0 Å². The monoisotopic (exact) mass is 445 g/mol. The number of aliphatic hydroxyl groups is 4. The molecular weight excluding hydrogens is 410 g/mol. The Hall–Kier alpha value is -1.11. The predicted octanol–water partition coefficient (Wildman–Crippen LogP) is -1.30. The molecule has 1 amide bonds. The van der Waals surface area contributed by atoms with Gasteiger partial charge in [-0.25, -0.2) is 0 Å². The van der Waals surface area contributed by atoms with E-state index in [2.05, 4.69) is 11.9 Å². The van der Waals surface area contributed by atoms with E-state index in [1.54, 1.807) is 27.7 Å². The van der Waals surface area contributed by atoms with Crippen molar-refractivity contribution in [3.05, 3.63) is 12.7 Å². The van der Waals surface area contributed by atoms with Gasteiger partial charge < -0.3 is 44.7 Å². The second-order valence-electron chi connectivity index (χ2n) is 9.48. The van der Waals surface area contributed by atoms with E-state index in [9.17, 15) is 25.2 Å². The third-order valence-corrected chi connectivity index (χ3v) is 7.57. The van der Waals surface area contributed by atoms with Gasteiger partial charge in [0.15, 0.2) is 5.60 Å². The van der Waals surface area contributed by atoms with Crippen LogP contribution in [0.4, 0.5) is 0 Å². The average molecular weight is 446 g/mol. The number of ether oxygens (including phenoxy) is 4. The largest absolute Gasteiger partial charge is 0.383 e. The van der Waals surface area contributed by atoms with Gasteiger partial charge in [-0.05, 0) is 6.08 Å². The van der Waals surface area contributed by atoms with Gasteiger partial charge in [0.1, 0.15) is 17.3 Å². The van der Waals surface area contributed by atoms with Gasteiger partial charge in [0, 0.05) is 12.0 Å². The molecule has 1 saturated heterocycles. The van der Waals surface area contributed by atoms with Crippen molar-refractivity contribution >= 4 is 5.91 Å². The minimum absolute atomic E-state index is 0.0838. The van der Waals surface area contributed by atoms with Crippen LogP contribution < -0.4 is 5.32 Å². The summed E-state index contributed by atoms with van der Waals surface area (Å²) < 4.78 is 22.0. The summed E-state index contributed by atoms with van der Waals surface area (Å²) in [5.41, 5.74) is -7.90. The number of carbonyl (C=O) groups excluding carboxylic acids is 1. The van der Waals surface area contributed by atoms with Gasteiger partial charge >= 0.3 is 0 Å². The van der Waals surface area contributed by atoms with E-state index in [1.165, 1.54) is 6.08 Å². The molecule has 0 aromatic heterocycles. The zero-order valence-electron chi connectivity index (χ0n) is 18.6. The van der Waals surface area contributed by atoms with Gasteiger partial charge in [-0.2, -0.15) is 0 Å². The van der Waals surface area contributed by atoms with Crippen molar-refractivity contribution in [3.8, 4) is 0 Å². The summed E-state index contributed by atoms with van der Waals surface area (Å²) in [6.45, 7) is 11.6. The first kappa shape index (κ1) is 24.5. The summed E-state index contributed by atoms with van der Waals surface area (Å²) in [7, 11) is 0. The lowest BCUT2D eigenvalue weighted by atomic mass is 9.93. The lowest BCUT2D eigenvalue weighted by Crippen LogP contribution is -2.58. The zero-order valence-corrected chi connectivity index (χ0v) is 18.6. The number of rotatable bonds is 12. The van der Waals surface area contributed by atoms with E-state index in [0.29, 0.717) is 26.4 Å². The highest BCUT2D eigenvalue weighted by Crippen LogP contribution is 2.86. The molecule has 10 nitrogen and oxygen atoms in total. The highest BCUT2D eigenvalue weighted by atomic mass is 16.7. The fraction of sp³-hybridized carbons (Fsp3) is 0.857. The molecule has 1 aliphatic heterocycles. The summed E-state index contributed by atoms with van der Waals surface area (Å²) in [6.07, 6.45) is 0.172. The highest BCUT2D eigenvalue weighted by molar-refractivity contribution is 5.86. The molecule has 5 atom stereocenters. The van der Waals surface area contributed by atoms with Gasteiger partial charge in [0.25, 0.3) is 0 Å². The third-order valence-electron chi connectivity index (χ3n) is 7.57. The maximum atomic E-state index is 11.2. The number of amides is 1. The van der Waals surface area contributed by atoms with Crippen LogP contribution in [-0.4, -0.2) is 101 Å². The molecular formula is C21H35NO9. The molecule has 2 saturated carbocycles. The summed E-state index contributed by atoms with van der Waals surface area (Å²) in [4.78, 5) is 11.0. The van der Waals surface area contributed by atoms with E-state index < -0.39 is 39.5 Å². The van der Waals surface area contributed by atoms with Crippen molar-refractivity contribution in [2.45, 2.75) is 56.4 Å². The summed E-state index contributed by atoms with van der Waals surface area (Å²) in [5.74, 6) is -2.22. The van der Waals surface area contributed by atoms with Crippen LogP contribution in [0.25, 0.3) is 0 Å². The molecule has 2 aliphatic carbocycles. The number of carbonyl (C=O) groups is 1. The molecule has 0 aromatic carbocycles. The Kier molecular flexibility index (Phi) is 6.12. The molecule has 0 spiro atoms. The average Bonchev–Trinajstić information content (AvgIpc) is 3.27. The first-order valence-electron chi connectivity index (χ1n) is 10.5. The first-order chi connectivity index (χ1) is 14.3. The maximum absolute atomic E-state index is 11.2. The molecule has 3 fully saturated rings. The van der Waals surface area contributed by atoms with E-state index in [0.717, 1.165) is 0 Å². The van der Waals surface area contributed by atoms with Crippen LogP contribution in [0, 0.1) is 10.8 Å². The van der Waals surface area contributed by atoms with Crippen LogP contribution in [0.2, 0.25) is 0 Å². The van der Waals surface area contributed by atoms with Crippen LogP contribution in [0.3, 0.4) is 0 Å². The van der Waals surface area contributed by atoms with Crippen LogP contribution in [0.1, 0.15) is 27.7 Å². The molecule has 1 heterocycles. The van der Waals surface area contributed by atoms with Crippen molar-refractivity contribution < 1.29 is 44.2 Å². The fourth-order valence-electron chi connectivity index (χ4n) is 5.34. The fourth-order valence-corrected chi connectivity index (χ4v) is 5.34. The molecule has 3 aliphatic rings. The topological polar surface area (TPSA) is 147 Å². The third kappa shape index (κ3) is 2.90. The van der Waals surface area contributed by atoms with Crippen molar-refractivity contribution in [2.75, 3.05) is 46.2 Å². The van der Waals surface area contributed by atoms with E-state index in [4.69, 9.17) is 18.9 Å². The SMILES string of the molecule is C=CC(=O)NCCOCCOCCOC[C@H]1O[C@@]2(O)C(C)(C)[C@@]2(O)[C@]2(O)C(C)(C)[C@]12O. The molecule has 0 unspecified atom stereocenters. The van der Waals surface area contributed by atoms with Gasteiger partial charge in [-0.15, -0.1) is 0 Å². The van der Waals surface area contributed by atoms with Crippen LogP contribution in [-0.2, 0) is 23.7 Å². The lowest BCUT2D eigenvalue weighted by Gasteiger charge is -2.36. The molecule has 5 N–H and O–H groups in total. The van der Waals surface area contributed by atoms with E-state index in [1.807, 2.05) is 0 Å². The number of fused-ring (bicyclic) bond motifs is 3. The molecule has 3 rings (SSSR count). The van der Waals surface area contributed by atoms with Crippen molar-refractivity contribution in [1.82, 2.24) is 5.32 Å². The standard InChI is InChI=1S/C21H35NO9/c1-6-15(23)22-7-8-28-9-10-29-11-12-30-13-14-18(24)16(2,3)19(18,25)20(26)17(4,5)21(20,27)31-14/h6,14,24-27H,1,7-13H2,2-5H3,(H,22,23)/t14-,18-,19+,20-,21+/m1/s1. The Morgan fingerprint density at radius 2 is 1.48 bits per heavy atom. The van der Waals surface area contributed by atoms with Crippen molar-refractivity contribution in [2.24, 2.45) is 10.8 Å². The van der Waals surface area contributed by atoms with Gasteiger partial charge in [-0.3, -0.25) is 4.79 Å². The Bertz CT molecular complexity index is 728. The molecule has 0 bridgehead atoms. The number of hydrogen-bond donors (Lipinski definition) is 5. The van der Waals surface area contributed by atoms with Crippen LogP contribution >= 0.6 is 0 Å². The van der Waals surface area contributed by atoms with Crippen LogP contribution in [0.15, 0.2) is 12.7 Å². The molecule has 178 valence electrons. The Morgan fingerprint density at radius 1 is 0.935 bits per heavy atom. The molecule has 31 heavy (non-hydrogen) atoms. The predicted molar refractivity (Wildman–Crippen MR) is 108 cm³/mol. The lowest BCUT2D eigenvalue weighted by molar-refractivity contribution is -0.292. The minimum Gasteiger partial charge on any atom is -0.383 e. The second kappa shape index (κ2) is 7.74. The Balaban J connectivity index is 1.38. The molecule has 0 radical (unpaired) electrons. The van der Waals surface area contributed by atoms with Gasteiger partial charge in [0.2, 0.25) is 11.7 Å². The summed E-state index contributed by atoms with van der Waals surface area (Å²) >= 11 is 0. The van der Waals surface area contributed by atoms with Gasteiger partial charge in [-0.1, -0.05) is 34.3 Å². The normalized spacial score (nSPS) is 41.1. The molecule has 0 aromatic rings. The zero-order chi connectivity index (χ0) is 23.3. The maximum Gasteiger partial charge on any atom is 0.243 e. The first-order valence-corrected chi connectivity index (χ1v) is 10.5. The number of nitrogens with one attached hydrogen (secondary N) is 1. The Morgan fingerprint density at radius 3 is 2.06 bits per heavy atom. The van der Waals surface area contributed by atoms with Gasteiger partial charge in [0.05, 0.1) is 45.1 Å². The minimum atomic E-state index is -1.97. The van der Waals surface area contributed by atoms with E-state index in [-0.39, 0.29) is 25.7 Å². The second-order valence-corrected chi connectivity index (χ2v) is 9.48. The smallest absolute Gasteiger partial charge is 0.243 e. The Labute approximate surface area is 182 Å². The quantitative estimate of drug-likeness (QED) is 0.183. The molecule has 10 heteroatoms. The van der Waals surface area contributed by atoms with E-state index >= 15 is 0 Å². The summed E-state index contributed by atoms with van der Waals surface area (Å²) in [6, 6.07) is 0.